The number of halogens is 1. The number of nitrogens with one attached hydrogen (secondary N) is 2. The van der Waals surface area contributed by atoms with Gasteiger partial charge < -0.3 is 20.1 Å². The van der Waals surface area contributed by atoms with E-state index in [9.17, 15) is 4.79 Å². The summed E-state index contributed by atoms with van der Waals surface area (Å²) in [5, 5.41) is 6.28. The lowest BCUT2D eigenvalue weighted by atomic mass is 10.2. The van der Waals surface area contributed by atoms with E-state index in [1.165, 1.54) is 0 Å². The van der Waals surface area contributed by atoms with Crippen molar-refractivity contribution in [3.05, 3.63) is 22.7 Å². The third kappa shape index (κ3) is 6.06. The molecule has 0 aromatic heterocycles. The molecule has 1 saturated heterocycles. The van der Waals surface area contributed by atoms with Crippen molar-refractivity contribution in [3.63, 3.8) is 0 Å². The minimum atomic E-state index is -0.287. The van der Waals surface area contributed by atoms with E-state index < -0.39 is 0 Å². The van der Waals surface area contributed by atoms with E-state index in [-0.39, 0.29) is 12.1 Å². The van der Waals surface area contributed by atoms with E-state index in [0.717, 1.165) is 25.2 Å². The minimum absolute atomic E-state index is 0.00657. The topological polar surface area (TPSA) is 62.8 Å². The second-order valence-electron chi connectivity index (χ2n) is 6.78. The van der Waals surface area contributed by atoms with Crippen LogP contribution < -0.4 is 15.4 Å². The Kier molecular flexibility index (Phi) is 7.35. The number of rotatable bonds is 6. The number of ether oxygens (including phenoxy) is 2. The molecule has 0 bridgehead atoms. The van der Waals surface area contributed by atoms with Crippen molar-refractivity contribution in [2.24, 2.45) is 5.92 Å². The van der Waals surface area contributed by atoms with Gasteiger partial charge in [0.2, 0.25) is 0 Å². The lowest BCUT2D eigenvalue weighted by molar-refractivity contribution is -0.0288. The van der Waals surface area contributed by atoms with Gasteiger partial charge in [-0.15, -0.1) is 0 Å². The summed E-state index contributed by atoms with van der Waals surface area (Å²) in [6.07, 6.45) is 0.00657. The normalized spacial score (nSPS) is 18.2. The van der Waals surface area contributed by atoms with Gasteiger partial charge in [-0.3, -0.25) is 4.90 Å². The summed E-state index contributed by atoms with van der Waals surface area (Å²) in [4.78, 5) is 14.6. The van der Waals surface area contributed by atoms with Crippen molar-refractivity contribution in [1.82, 2.24) is 10.2 Å². The summed E-state index contributed by atoms with van der Waals surface area (Å²) in [7, 11) is 1.54. The van der Waals surface area contributed by atoms with Crippen LogP contribution in [-0.2, 0) is 4.74 Å². The molecule has 0 unspecified atom stereocenters. The molecule has 1 aliphatic heterocycles. The van der Waals surface area contributed by atoms with Gasteiger partial charge in [-0.1, -0.05) is 25.4 Å². The first-order valence-corrected chi connectivity index (χ1v) is 8.99. The maximum absolute atomic E-state index is 12.2. The molecule has 1 fully saturated rings. The zero-order valence-corrected chi connectivity index (χ0v) is 16.2. The summed E-state index contributed by atoms with van der Waals surface area (Å²) in [6, 6.07) is 3.20. The number of amides is 2. The highest BCUT2D eigenvalue weighted by Gasteiger charge is 2.21. The summed E-state index contributed by atoms with van der Waals surface area (Å²) in [6.45, 7) is 10.3. The Morgan fingerprint density at radius 2 is 2.24 bits per heavy atom. The lowest BCUT2D eigenvalue weighted by Gasteiger charge is -2.33. The second-order valence-corrected chi connectivity index (χ2v) is 7.19. The summed E-state index contributed by atoms with van der Waals surface area (Å²) in [5.74, 6) is 1.15. The Morgan fingerprint density at radius 1 is 1.48 bits per heavy atom. The van der Waals surface area contributed by atoms with Crippen molar-refractivity contribution in [2.75, 3.05) is 45.2 Å². The van der Waals surface area contributed by atoms with Gasteiger partial charge in [-0.05, 0) is 24.5 Å². The molecule has 1 aliphatic rings. The molecule has 140 valence electrons. The van der Waals surface area contributed by atoms with Crippen LogP contribution in [0.4, 0.5) is 10.5 Å². The van der Waals surface area contributed by atoms with Gasteiger partial charge in [0.1, 0.15) is 5.75 Å². The highest BCUT2D eigenvalue weighted by atomic mass is 35.5. The van der Waals surface area contributed by atoms with Crippen molar-refractivity contribution >= 4 is 23.3 Å². The zero-order valence-electron chi connectivity index (χ0n) is 15.4. The molecule has 25 heavy (non-hydrogen) atoms. The zero-order chi connectivity index (χ0) is 18.4. The Morgan fingerprint density at radius 3 is 2.92 bits per heavy atom. The number of anilines is 1. The van der Waals surface area contributed by atoms with E-state index in [4.69, 9.17) is 21.1 Å². The predicted molar refractivity (Wildman–Crippen MR) is 101 cm³/mol. The van der Waals surface area contributed by atoms with E-state index >= 15 is 0 Å². The first kappa shape index (κ1) is 19.8. The van der Waals surface area contributed by atoms with Crippen LogP contribution in [0.5, 0.6) is 5.75 Å². The fraction of sp³-hybridized carbons (Fsp3) is 0.611. The standard InChI is InChI=1S/C18H28ClN3O3/c1-12(2)10-22-5-6-25-14(11-22)9-20-18(23)21-16-7-13(3)15(19)8-17(16)24-4/h7-8,12,14H,5-6,9-11H2,1-4H3,(H2,20,21,23)/t14-/m0/s1. The van der Waals surface area contributed by atoms with Crippen LogP contribution in [0.3, 0.4) is 0 Å². The number of carbonyl (C=O) groups is 1. The molecule has 2 rings (SSSR count). The van der Waals surface area contributed by atoms with Crippen LogP contribution in [0.25, 0.3) is 0 Å². The van der Waals surface area contributed by atoms with Crippen molar-refractivity contribution < 1.29 is 14.3 Å². The third-order valence-corrected chi connectivity index (χ3v) is 4.47. The van der Waals surface area contributed by atoms with Crippen LogP contribution >= 0.6 is 11.6 Å². The van der Waals surface area contributed by atoms with Gasteiger partial charge in [0.25, 0.3) is 0 Å². The van der Waals surface area contributed by atoms with Gasteiger partial charge in [-0.2, -0.15) is 0 Å². The van der Waals surface area contributed by atoms with Crippen LogP contribution in [0, 0.1) is 12.8 Å². The van der Waals surface area contributed by atoms with Crippen molar-refractivity contribution in [2.45, 2.75) is 26.9 Å². The molecule has 0 saturated carbocycles. The number of aryl methyl sites for hydroxylation is 1. The number of benzene rings is 1. The highest BCUT2D eigenvalue weighted by molar-refractivity contribution is 6.31. The van der Waals surface area contributed by atoms with Crippen LogP contribution in [-0.4, -0.2) is 56.9 Å². The summed E-state index contributed by atoms with van der Waals surface area (Å²) >= 11 is 6.08. The molecular weight excluding hydrogens is 342 g/mol. The van der Waals surface area contributed by atoms with E-state index in [0.29, 0.717) is 35.5 Å². The van der Waals surface area contributed by atoms with Crippen LogP contribution in [0.1, 0.15) is 19.4 Å². The van der Waals surface area contributed by atoms with Gasteiger partial charge >= 0.3 is 6.03 Å². The number of carbonyl (C=O) groups excluding carboxylic acids is 1. The van der Waals surface area contributed by atoms with Gasteiger partial charge in [0.05, 0.1) is 25.5 Å². The molecule has 1 atom stereocenters. The van der Waals surface area contributed by atoms with E-state index in [1.807, 2.05) is 6.92 Å². The quantitative estimate of drug-likeness (QED) is 0.808. The van der Waals surface area contributed by atoms with Crippen molar-refractivity contribution in [3.8, 4) is 5.75 Å². The largest absolute Gasteiger partial charge is 0.495 e. The van der Waals surface area contributed by atoms with E-state index in [2.05, 4.69) is 29.4 Å². The molecule has 7 heteroatoms. The summed E-state index contributed by atoms with van der Waals surface area (Å²) in [5.41, 5.74) is 1.46. The molecule has 0 spiro atoms. The molecule has 0 aliphatic carbocycles. The first-order chi connectivity index (χ1) is 11.9. The Labute approximate surface area is 154 Å². The molecule has 6 nitrogen and oxygen atoms in total. The van der Waals surface area contributed by atoms with E-state index in [1.54, 1.807) is 19.2 Å². The molecular formula is C18H28ClN3O3. The number of nitrogens with zero attached hydrogens (tertiary/aromatic N) is 1. The first-order valence-electron chi connectivity index (χ1n) is 8.62. The molecule has 2 N–H and O–H groups in total. The van der Waals surface area contributed by atoms with Crippen LogP contribution in [0.15, 0.2) is 12.1 Å². The number of methoxy groups -OCH3 is 1. The Hall–Kier alpha value is -1.50. The average molecular weight is 370 g/mol. The number of morpholine rings is 1. The molecule has 1 aromatic carbocycles. The highest BCUT2D eigenvalue weighted by Crippen LogP contribution is 2.30. The van der Waals surface area contributed by atoms with Gasteiger partial charge in [-0.25, -0.2) is 4.79 Å². The average Bonchev–Trinajstić information content (AvgIpc) is 2.56. The fourth-order valence-electron chi connectivity index (χ4n) is 2.89. The fourth-order valence-corrected chi connectivity index (χ4v) is 3.04. The predicted octanol–water partition coefficient (Wildman–Crippen LogP) is 3.14. The summed E-state index contributed by atoms with van der Waals surface area (Å²) < 4.78 is 11.0. The number of urea groups is 1. The SMILES string of the molecule is COc1cc(Cl)c(C)cc1NC(=O)NC[C@H]1CN(CC(C)C)CCO1. The molecule has 1 aromatic rings. The smallest absolute Gasteiger partial charge is 0.319 e. The molecule has 1 heterocycles. The van der Waals surface area contributed by atoms with Crippen LogP contribution in [0.2, 0.25) is 5.02 Å². The van der Waals surface area contributed by atoms with Gasteiger partial charge in [0.15, 0.2) is 0 Å². The number of hydrogen-bond acceptors (Lipinski definition) is 4. The van der Waals surface area contributed by atoms with Crippen molar-refractivity contribution in [1.29, 1.82) is 0 Å². The maximum atomic E-state index is 12.2. The third-order valence-electron chi connectivity index (χ3n) is 4.07. The monoisotopic (exact) mass is 369 g/mol. The lowest BCUT2D eigenvalue weighted by Crippen LogP contribution is -2.48. The Balaban J connectivity index is 1.85. The maximum Gasteiger partial charge on any atom is 0.319 e. The van der Waals surface area contributed by atoms with Gasteiger partial charge in [0, 0.05) is 37.3 Å². The molecule has 2 amide bonds. The minimum Gasteiger partial charge on any atom is -0.495 e. The number of hydrogen-bond donors (Lipinski definition) is 2. The second kappa shape index (κ2) is 9.27. The Bertz CT molecular complexity index is 595. The molecule has 0 radical (unpaired) electrons.